The topological polar surface area (TPSA) is 27.7 Å². The van der Waals surface area contributed by atoms with Crippen LogP contribution in [0.25, 0.3) is 60.9 Å². The Morgan fingerprint density at radius 3 is 1.82 bits per heavy atom. The molecule has 7 rings (SSSR count). The molecule has 7 aromatic rings. The zero-order chi connectivity index (χ0) is 26.3. The van der Waals surface area contributed by atoms with Gasteiger partial charge in [0.25, 0.3) is 0 Å². The van der Waals surface area contributed by atoms with Crippen LogP contribution < -0.4 is 0 Å². The van der Waals surface area contributed by atoms with Crippen molar-refractivity contribution in [3.8, 4) is 28.3 Å². The van der Waals surface area contributed by atoms with E-state index in [0.717, 1.165) is 28.2 Å². The molecule has 0 aliphatic heterocycles. The van der Waals surface area contributed by atoms with Crippen molar-refractivity contribution in [2.75, 3.05) is 0 Å². The second kappa shape index (κ2) is 9.34. The smallest absolute Gasteiger partial charge is 0.232 e. The minimum Gasteiger partial charge on any atom is -0.313 e. The molecule has 0 unspecified atom stereocenters. The summed E-state index contributed by atoms with van der Waals surface area (Å²) in [5.74, 6) is 0.837. The molecular weight excluding hydrogens is 476 g/mol. The molecule has 2 heterocycles. The maximum absolute atomic E-state index is 5.05. The maximum Gasteiger partial charge on any atom is 0.232 e. The Hall–Kier alpha value is -5.09. The van der Waals surface area contributed by atoms with Gasteiger partial charge in [0.2, 0.25) is 5.95 Å². The lowest BCUT2D eigenvalue weighted by Gasteiger charge is -2.16. The molecule has 0 atom stereocenters. The van der Waals surface area contributed by atoms with Gasteiger partial charge in [-0.2, -0.15) is 0 Å². The number of benzene rings is 5. The highest BCUT2D eigenvalue weighted by atomic mass is 15.3. The van der Waals surface area contributed by atoms with E-state index in [4.69, 9.17) is 5.10 Å². The van der Waals surface area contributed by atoms with E-state index in [-0.39, 0.29) is 0 Å². The normalized spacial score (nSPS) is 11.3. The van der Waals surface area contributed by atoms with Gasteiger partial charge in [-0.15, -0.1) is 5.10 Å². The largest absolute Gasteiger partial charge is 0.313 e. The minimum absolute atomic E-state index is 0.837. The fourth-order valence-electron chi connectivity index (χ4n) is 5.64. The SMILES string of the molecule is Cn1cccc(-c2ccc(-c3cccc4ccccc34)cc2)n(C)c(-n2c3ccccc3c3ccccc32)n1. The fraction of sp³-hybridized carbons (Fsp3) is 0.0571. The molecule has 0 aliphatic rings. The van der Waals surface area contributed by atoms with Crippen molar-refractivity contribution in [1.29, 1.82) is 0 Å². The Labute approximate surface area is 227 Å². The average molecular weight is 505 g/mol. The number of rotatable bonds is 3. The van der Waals surface area contributed by atoms with Crippen molar-refractivity contribution in [1.82, 2.24) is 18.9 Å². The molecule has 0 bridgehead atoms. The summed E-state index contributed by atoms with van der Waals surface area (Å²) in [6.45, 7) is 0. The van der Waals surface area contributed by atoms with E-state index in [1.165, 1.54) is 32.7 Å². The Balaban J connectivity index is 1.43. The quantitative estimate of drug-likeness (QED) is 0.237. The number of nitrogens with zero attached hydrogens (tertiary/aromatic N) is 4. The average Bonchev–Trinajstić information content (AvgIpc) is 3.31. The molecule has 0 saturated heterocycles. The van der Waals surface area contributed by atoms with Crippen molar-refractivity contribution in [2.24, 2.45) is 14.1 Å². The van der Waals surface area contributed by atoms with Gasteiger partial charge in [-0.1, -0.05) is 103 Å². The van der Waals surface area contributed by atoms with Crippen LogP contribution in [0.1, 0.15) is 0 Å². The van der Waals surface area contributed by atoms with Crippen LogP contribution in [-0.4, -0.2) is 18.9 Å². The molecule has 0 aliphatic carbocycles. The standard InChI is InChI=1S/C35H28N4/c1-37-24-10-19-32(27-22-20-26(21-23-27)29-16-9-12-25-11-3-4-13-28(25)29)38(2)35(36-37)39-33-17-7-5-14-30(33)31-15-6-8-18-34(31)39/h3-24H,1-2H3. The number of aryl methyl sites for hydroxylation is 1. The lowest BCUT2D eigenvalue weighted by molar-refractivity contribution is 0.683. The predicted molar refractivity (Wildman–Crippen MR) is 163 cm³/mol. The zero-order valence-electron chi connectivity index (χ0n) is 22.0. The Morgan fingerprint density at radius 1 is 0.513 bits per heavy atom. The van der Waals surface area contributed by atoms with Crippen LogP contribution in [0, 0.1) is 0 Å². The molecular formula is C35H28N4. The molecule has 0 amide bonds. The summed E-state index contributed by atoms with van der Waals surface area (Å²) in [6, 6.07) is 45.2. The molecule has 4 heteroatoms. The summed E-state index contributed by atoms with van der Waals surface area (Å²) < 4.78 is 6.32. The van der Waals surface area contributed by atoms with Gasteiger partial charge in [-0.3, -0.25) is 9.25 Å². The van der Waals surface area contributed by atoms with Crippen LogP contribution in [0.4, 0.5) is 0 Å². The molecule has 5 aromatic carbocycles. The third-order valence-corrected chi connectivity index (χ3v) is 7.53. The third kappa shape index (κ3) is 3.89. The summed E-state index contributed by atoms with van der Waals surface area (Å²) in [4.78, 5) is 0. The summed E-state index contributed by atoms with van der Waals surface area (Å²) in [5, 5.41) is 10.00. The minimum atomic E-state index is 0.837. The Morgan fingerprint density at radius 2 is 1.10 bits per heavy atom. The fourth-order valence-corrected chi connectivity index (χ4v) is 5.64. The number of aromatic nitrogens is 4. The van der Waals surface area contributed by atoms with E-state index in [0.29, 0.717) is 0 Å². The van der Waals surface area contributed by atoms with Crippen LogP contribution in [0.3, 0.4) is 0 Å². The van der Waals surface area contributed by atoms with E-state index < -0.39 is 0 Å². The summed E-state index contributed by atoms with van der Waals surface area (Å²) in [5.41, 5.74) is 6.92. The first kappa shape index (κ1) is 23.1. The molecule has 0 saturated carbocycles. The monoisotopic (exact) mass is 504 g/mol. The van der Waals surface area contributed by atoms with Gasteiger partial charge >= 0.3 is 0 Å². The highest BCUT2D eigenvalue weighted by molar-refractivity contribution is 6.09. The Bertz CT molecular complexity index is 1980. The van der Waals surface area contributed by atoms with E-state index in [1.54, 1.807) is 0 Å². The second-order valence-corrected chi connectivity index (χ2v) is 9.90. The van der Waals surface area contributed by atoms with Crippen molar-refractivity contribution in [3.63, 3.8) is 0 Å². The van der Waals surface area contributed by atoms with Gasteiger partial charge in [0.1, 0.15) is 0 Å². The second-order valence-electron chi connectivity index (χ2n) is 9.90. The van der Waals surface area contributed by atoms with Gasteiger partial charge < -0.3 is 4.57 Å². The van der Waals surface area contributed by atoms with E-state index in [1.807, 2.05) is 17.9 Å². The van der Waals surface area contributed by atoms with Gasteiger partial charge in [0.05, 0.1) is 16.7 Å². The molecule has 2 aromatic heterocycles. The van der Waals surface area contributed by atoms with Gasteiger partial charge in [0.15, 0.2) is 0 Å². The van der Waals surface area contributed by atoms with E-state index >= 15 is 0 Å². The first-order chi connectivity index (χ1) is 19.2. The number of hydrogen-bond acceptors (Lipinski definition) is 1. The molecule has 0 spiro atoms. The highest BCUT2D eigenvalue weighted by Gasteiger charge is 2.15. The lowest BCUT2D eigenvalue weighted by atomic mass is 9.97. The van der Waals surface area contributed by atoms with Crippen molar-refractivity contribution >= 4 is 32.6 Å². The van der Waals surface area contributed by atoms with Crippen LogP contribution >= 0.6 is 0 Å². The van der Waals surface area contributed by atoms with Gasteiger partial charge in [-0.25, -0.2) is 0 Å². The van der Waals surface area contributed by atoms with Crippen molar-refractivity contribution in [2.45, 2.75) is 0 Å². The van der Waals surface area contributed by atoms with Crippen LogP contribution in [0.5, 0.6) is 0 Å². The zero-order valence-corrected chi connectivity index (χ0v) is 22.0. The number of hydrogen-bond donors (Lipinski definition) is 0. The first-order valence-electron chi connectivity index (χ1n) is 13.2. The van der Waals surface area contributed by atoms with Crippen LogP contribution in [0.2, 0.25) is 0 Å². The van der Waals surface area contributed by atoms with Crippen molar-refractivity contribution in [3.05, 3.63) is 134 Å². The van der Waals surface area contributed by atoms with Crippen LogP contribution in [0.15, 0.2) is 134 Å². The molecule has 0 radical (unpaired) electrons. The van der Waals surface area contributed by atoms with E-state index in [9.17, 15) is 0 Å². The van der Waals surface area contributed by atoms with Crippen LogP contribution in [-0.2, 0) is 14.1 Å². The van der Waals surface area contributed by atoms with E-state index in [2.05, 4.69) is 144 Å². The lowest BCUT2D eigenvalue weighted by Crippen LogP contribution is -2.12. The molecule has 39 heavy (non-hydrogen) atoms. The van der Waals surface area contributed by atoms with Crippen molar-refractivity contribution < 1.29 is 0 Å². The molecule has 188 valence electrons. The summed E-state index contributed by atoms with van der Waals surface area (Å²) in [6.07, 6.45) is 1.99. The Kier molecular flexibility index (Phi) is 5.52. The predicted octanol–water partition coefficient (Wildman–Crippen LogP) is 8.47. The number of para-hydroxylation sites is 2. The van der Waals surface area contributed by atoms with Gasteiger partial charge in [0, 0.05) is 31.1 Å². The number of fused-ring (bicyclic) bond motifs is 4. The summed E-state index contributed by atoms with van der Waals surface area (Å²) >= 11 is 0. The first-order valence-corrected chi connectivity index (χ1v) is 13.2. The molecule has 0 N–H and O–H groups in total. The van der Waals surface area contributed by atoms with Gasteiger partial charge in [-0.05, 0) is 51.7 Å². The summed E-state index contributed by atoms with van der Waals surface area (Å²) in [7, 11) is 4.07. The molecule has 4 nitrogen and oxygen atoms in total. The highest BCUT2D eigenvalue weighted by Crippen LogP contribution is 2.33. The third-order valence-electron chi connectivity index (χ3n) is 7.53. The maximum atomic E-state index is 5.05. The molecule has 0 fully saturated rings.